The van der Waals surface area contributed by atoms with Gasteiger partial charge in [0.05, 0.1) is 11.2 Å². The van der Waals surface area contributed by atoms with Crippen LogP contribution in [0.5, 0.6) is 0 Å². The number of aliphatic hydroxyl groups is 1. The molecule has 1 aliphatic carbocycles. The molecule has 1 fully saturated rings. The molecule has 0 radical (unpaired) electrons. The van der Waals surface area contributed by atoms with E-state index in [1.807, 2.05) is 13.8 Å². The van der Waals surface area contributed by atoms with Crippen molar-refractivity contribution in [2.75, 3.05) is 11.9 Å². The van der Waals surface area contributed by atoms with E-state index in [1.54, 1.807) is 0 Å². The molecular weight excluding hydrogens is 266 g/mol. The Bertz CT molecular complexity index is 499. The van der Waals surface area contributed by atoms with Crippen LogP contribution in [0.15, 0.2) is 11.0 Å². The van der Waals surface area contributed by atoms with E-state index in [0.717, 1.165) is 12.8 Å². The molecule has 5 nitrogen and oxygen atoms in total. The van der Waals surface area contributed by atoms with Crippen molar-refractivity contribution in [3.05, 3.63) is 21.6 Å². The van der Waals surface area contributed by atoms with Crippen LogP contribution in [-0.2, 0) is 6.54 Å². The van der Waals surface area contributed by atoms with Gasteiger partial charge in [-0.15, -0.1) is 0 Å². The molecule has 0 amide bonds. The fraction of sp³-hybridized carbons (Fsp3) is 0.692. The second-order valence-electron chi connectivity index (χ2n) is 5.39. The van der Waals surface area contributed by atoms with Crippen LogP contribution in [0.4, 0.5) is 5.69 Å². The molecule has 0 aromatic carbocycles. The normalized spacial score (nSPS) is 18.1. The highest BCUT2D eigenvalue weighted by atomic mass is 35.5. The molecular formula is C13H20ClN3O2. The zero-order chi connectivity index (χ0) is 14.0. The van der Waals surface area contributed by atoms with Crippen molar-refractivity contribution in [3.8, 4) is 0 Å². The number of hydrogen-bond acceptors (Lipinski definition) is 4. The fourth-order valence-electron chi connectivity index (χ4n) is 1.80. The minimum absolute atomic E-state index is 0.0352. The molecule has 106 valence electrons. The van der Waals surface area contributed by atoms with Crippen molar-refractivity contribution in [2.24, 2.45) is 11.8 Å². The minimum Gasteiger partial charge on any atom is -0.396 e. The number of anilines is 1. The Kier molecular flexibility index (Phi) is 4.47. The lowest BCUT2D eigenvalue weighted by Gasteiger charge is -2.21. The average molecular weight is 286 g/mol. The van der Waals surface area contributed by atoms with E-state index in [2.05, 4.69) is 10.4 Å². The second-order valence-corrected chi connectivity index (χ2v) is 5.80. The smallest absolute Gasteiger partial charge is 0.291 e. The number of nitrogens with one attached hydrogen (secondary N) is 1. The van der Waals surface area contributed by atoms with E-state index in [9.17, 15) is 4.79 Å². The molecule has 2 N–H and O–H groups in total. The molecule has 19 heavy (non-hydrogen) atoms. The largest absolute Gasteiger partial charge is 0.396 e. The van der Waals surface area contributed by atoms with Crippen LogP contribution in [0.25, 0.3) is 0 Å². The maximum Gasteiger partial charge on any atom is 0.291 e. The summed E-state index contributed by atoms with van der Waals surface area (Å²) in [7, 11) is 0. The van der Waals surface area contributed by atoms with Crippen LogP contribution < -0.4 is 10.9 Å². The summed E-state index contributed by atoms with van der Waals surface area (Å²) in [6.07, 6.45) is 3.83. The van der Waals surface area contributed by atoms with E-state index in [0.29, 0.717) is 23.2 Å². The Morgan fingerprint density at radius 2 is 2.26 bits per heavy atom. The number of hydrogen-bond donors (Lipinski definition) is 2. The topological polar surface area (TPSA) is 67.2 Å². The molecule has 0 aliphatic heterocycles. The predicted octanol–water partition coefficient (Wildman–Crippen LogP) is 1.74. The summed E-state index contributed by atoms with van der Waals surface area (Å²) >= 11 is 6.04. The molecule has 1 aromatic rings. The van der Waals surface area contributed by atoms with Gasteiger partial charge in [0.15, 0.2) is 0 Å². The third-order valence-corrected chi connectivity index (χ3v) is 3.93. The van der Waals surface area contributed by atoms with E-state index in [1.165, 1.54) is 10.9 Å². The van der Waals surface area contributed by atoms with E-state index >= 15 is 0 Å². The number of halogens is 1. The maximum absolute atomic E-state index is 12.3. The summed E-state index contributed by atoms with van der Waals surface area (Å²) in [6, 6.07) is -0.0352. The van der Waals surface area contributed by atoms with Gasteiger partial charge >= 0.3 is 0 Å². The molecule has 0 bridgehead atoms. The van der Waals surface area contributed by atoms with Crippen LogP contribution in [0.2, 0.25) is 5.02 Å². The number of rotatable bonds is 6. The third-order valence-electron chi connectivity index (χ3n) is 3.64. The first kappa shape index (κ1) is 14.3. The van der Waals surface area contributed by atoms with Crippen molar-refractivity contribution in [3.63, 3.8) is 0 Å². The summed E-state index contributed by atoms with van der Waals surface area (Å²) in [5.41, 5.74) is 0.196. The SMILES string of the molecule is CC(CO)C(C)Nc1c(Cl)cnn(CC2CC2)c1=O. The molecule has 6 heteroatoms. The highest BCUT2D eigenvalue weighted by Crippen LogP contribution is 2.30. The van der Waals surface area contributed by atoms with Gasteiger partial charge in [-0.3, -0.25) is 4.79 Å². The summed E-state index contributed by atoms with van der Waals surface area (Å²) in [4.78, 5) is 12.3. The lowest BCUT2D eigenvalue weighted by atomic mass is 10.1. The number of aromatic nitrogens is 2. The first-order valence-electron chi connectivity index (χ1n) is 6.66. The molecule has 1 aromatic heterocycles. The van der Waals surface area contributed by atoms with Crippen LogP contribution in [0.1, 0.15) is 26.7 Å². The lowest BCUT2D eigenvalue weighted by molar-refractivity contribution is 0.226. The van der Waals surface area contributed by atoms with Crippen LogP contribution >= 0.6 is 11.6 Å². The zero-order valence-corrected chi connectivity index (χ0v) is 12.0. The van der Waals surface area contributed by atoms with Gasteiger partial charge in [0.25, 0.3) is 5.56 Å². The van der Waals surface area contributed by atoms with Gasteiger partial charge in [-0.05, 0) is 31.6 Å². The van der Waals surface area contributed by atoms with Gasteiger partial charge in [-0.25, -0.2) is 4.68 Å². The van der Waals surface area contributed by atoms with Crippen molar-refractivity contribution in [2.45, 2.75) is 39.3 Å². The lowest BCUT2D eigenvalue weighted by Crippen LogP contribution is -2.33. The zero-order valence-electron chi connectivity index (χ0n) is 11.3. The van der Waals surface area contributed by atoms with E-state index in [4.69, 9.17) is 16.7 Å². The van der Waals surface area contributed by atoms with Gasteiger partial charge < -0.3 is 10.4 Å². The maximum atomic E-state index is 12.3. The fourth-order valence-corrected chi connectivity index (χ4v) is 1.98. The van der Waals surface area contributed by atoms with Gasteiger partial charge in [-0.2, -0.15) is 5.10 Å². The molecule has 0 spiro atoms. The summed E-state index contributed by atoms with van der Waals surface area (Å²) < 4.78 is 1.47. The van der Waals surface area contributed by atoms with Crippen molar-refractivity contribution in [1.29, 1.82) is 0 Å². The summed E-state index contributed by atoms with van der Waals surface area (Å²) in [6.45, 7) is 4.56. The standard InChI is InChI=1S/C13H20ClN3O2/c1-8(7-18)9(2)16-12-11(14)5-15-17(13(12)19)6-10-3-4-10/h5,8-10,16,18H,3-4,6-7H2,1-2H3. The van der Waals surface area contributed by atoms with Gasteiger partial charge in [-0.1, -0.05) is 18.5 Å². The third kappa shape index (κ3) is 3.48. The first-order chi connectivity index (χ1) is 9.02. The van der Waals surface area contributed by atoms with E-state index < -0.39 is 0 Å². The van der Waals surface area contributed by atoms with Gasteiger partial charge in [0, 0.05) is 19.2 Å². The van der Waals surface area contributed by atoms with Gasteiger partial charge in [0.2, 0.25) is 0 Å². The average Bonchev–Trinajstić information content (AvgIpc) is 3.20. The highest BCUT2D eigenvalue weighted by Gasteiger charge is 2.24. The second kappa shape index (κ2) is 5.92. The summed E-state index contributed by atoms with van der Waals surface area (Å²) in [5.74, 6) is 0.619. The van der Waals surface area contributed by atoms with Crippen LogP contribution in [0.3, 0.4) is 0 Å². The summed E-state index contributed by atoms with van der Waals surface area (Å²) in [5, 5.41) is 16.6. The molecule has 2 unspecified atom stereocenters. The highest BCUT2D eigenvalue weighted by molar-refractivity contribution is 6.33. The molecule has 1 heterocycles. The number of aliphatic hydroxyl groups excluding tert-OH is 1. The molecule has 2 atom stereocenters. The molecule has 1 saturated carbocycles. The van der Waals surface area contributed by atoms with Crippen LogP contribution in [-0.4, -0.2) is 27.5 Å². The molecule has 0 saturated heterocycles. The quantitative estimate of drug-likeness (QED) is 0.835. The van der Waals surface area contributed by atoms with Crippen LogP contribution in [0, 0.1) is 11.8 Å². The monoisotopic (exact) mass is 285 g/mol. The van der Waals surface area contributed by atoms with E-state index in [-0.39, 0.29) is 24.1 Å². The van der Waals surface area contributed by atoms with Crippen molar-refractivity contribution in [1.82, 2.24) is 9.78 Å². The first-order valence-corrected chi connectivity index (χ1v) is 7.03. The Labute approximate surface area is 117 Å². The van der Waals surface area contributed by atoms with Gasteiger partial charge in [0.1, 0.15) is 5.69 Å². The predicted molar refractivity (Wildman–Crippen MR) is 75.6 cm³/mol. The number of nitrogens with zero attached hydrogens (tertiary/aromatic N) is 2. The molecule has 1 aliphatic rings. The van der Waals surface area contributed by atoms with Crippen molar-refractivity contribution >= 4 is 17.3 Å². The Balaban J connectivity index is 2.20. The molecule has 2 rings (SSSR count). The van der Waals surface area contributed by atoms with Crippen molar-refractivity contribution < 1.29 is 5.11 Å². The Morgan fingerprint density at radius 1 is 1.58 bits per heavy atom. The Hall–Kier alpha value is -1.07. The Morgan fingerprint density at radius 3 is 2.84 bits per heavy atom. The minimum atomic E-state index is -0.184.